The van der Waals surface area contributed by atoms with E-state index in [1.165, 1.54) is 5.56 Å². The van der Waals surface area contributed by atoms with Crippen LogP contribution >= 0.6 is 0 Å². The van der Waals surface area contributed by atoms with Gasteiger partial charge in [0.25, 0.3) is 0 Å². The number of nitrogens with one attached hydrogen (secondary N) is 2. The van der Waals surface area contributed by atoms with E-state index in [2.05, 4.69) is 48.6 Å². The first kappa shape index (κ1) is 15.8. The number of nitrogens with zero attached hydrogens (tertiary/aromatic N) is 1. The summed E-state index contributed by atoms with van der Waals surface area (Å²) >= 11 is 0. The van der Waals surface area contributed by atoms with Crippen LogP contribution in [0.2, 0.25) is 0 Å². The monoisotopic (exact) mass is 289 g/mol. The fourth-order valence-corrected chi connectivity index (χ4v) is 2.64. The maximum Gasteiger partial charge on any atom is 0.319 e. The van der Waals surface area contributed by atoms with Crippen molar-refractivity contribution >= 4 is 11.7 Å². The number of benzene rings is 1. The molecular weight excluding hydrogens is 262 g/mol. The molecule has 0 aromatic heterocycles. The molecule has 4 heteroatoms. The smallest absolute Gasteiger partial charge is 0.319 e. The summed E-state index contributed by atoms with van der Waals surface area (Å²) in [5.74, 6) is 0.562. The van der Waals surface area contributed by atoms with Gasteiger partial charge in [-0.15, -0.1) is 0 Å². The lowest BCUT2D eigenvalue weighted by Gasteiger charge is -2.29. The highest BCUT2D eigenvalue weighted by molar-refractivity contribution is 5.89. The first-order valence-electron chi connectivity index (χ1n) is 7.94. The zero-order valence-electron chi connectivity index (χ0n) is 13.4. The maximum atomic E-state index is 12.0. The second-order valence-electron chi connectivity index (χ2n) is 6.11. The molecule has 1 aliphatic heterocycles. The molecular formula is C17H27N3O. The maximum absolute atomic E-state index is 12.0. The summed E-state index contributed by atoms with van der Waals surface area (Å²) in [6.45, 7) is 6.50. The molecule has 0 spiro atoms. The second-order valence-corrected chi connectivity index (χ2v) is 6.11. The standard InChI is InChI=1S/C17H27N3O/c1-4-13(2)14-5-7-15(8-6-14)18-17(21)19-16-9-11-20(3)12-10-16/h5-8,13,16H,4,9-12H2,1-3H3,(H2,18,19,21). The number of amides is 2. The molecule has 1 heterocycles. The number of likely N-dealkylation sites (tertiary alicyclic amines) is 1. The SMILES string of the molecule is CCC(C)c1ccc(NC(=O)NC2CCN(C)CC2)cc1. The molecule has 2 amide bonds. The molecule has 1 aromatic rings. The predicted molar refractivity (Wildman–Crippen MR) is 87.8 cm³/mol. The fraction of sp³-hybridized carbons (Fsp3) is 0.588. The molecule has 1 unspecified atom stereocenters. The Morgan fingerprint density at radius 2 is 1.90 bits per heavy atom. The zero-order valence-corrected chi connectivity index (χ0v) is 13.4. The summed E-state index contributed by atoms with van der Waals surface area (Å²) in [6, 6.07) is 8.35. The summed E-state index contributed by atoms with van der Waals surface area (Å²) in [6.07, 6.45) is 3.18. The van der Waals surface area contributed by atoms with Crippen molar-refractivity contribution in [2.24, 2.45) is 0 Å². The van der Waals surface area contributed by atoms with Crippen LogP contribution < -0.4 is 10.6 Å². The molecule has 0 saturated carbocycles. The zero-order chi connectivity index (χ0) is 15.2. The molecule has 0 bridgehead atoms. The number of rotatable bonds is 4. The minimum Gasteiger partial charge on any atom is -0.335 e. The molecule has 1 aromatic carbocycles. The molecule has 1 saturated heterocycles. The number of carbonyl (C=O) groups excluding carboxylic acids is 1. The molecule has 0 aliphatic carbocycles. The number of anilines is 1. The van der Waals surface area contributed by atoms with Gasteiger partial charge in [0.2, 0.25) is 0 Å². The third kappa shape index (κ3) is 4.74. The van der Waals surface area contributed by atoms with E-state index in [0.717, 1.165) is 38.0 Å². The Bertz CT molecular complexity index is 450. The third-order valence-corrected chi connectivity index (χ3v) is 4.40. The van der Waals surface area contributed by atoms with Gasteiger partial charge in [-0.25, -0.2) is 4.79 Å². The molecule has 4 nitrogen and oxygen atoms in total. The van der Waals surface area contributed by atoms with Crippen molar-refractivity contribution in [3.8, 4) is 0 Å². The van der Waals surface area contributed by atoms with E-state index in [-0.39, 0.29) is 6.03 Å². The minimum atomic E-state index is -0.0964. The van der Waals surface area contributed by atoms with Crippen molar-refractivity contribution in [3.63, 3.8) is 0 Å². The van der Waals surface area contributed by atoms with E-state index in [0.29, 0.717) is 12.0 Å². The number of hydrogen-bond acceptors (Lipinski definition) is 2. The fourth-order valence-electron chi connectivity index (χ4n) is 2.64. The van der Waals surface area contributed by atoms with Crippen molar-refractivity contribution in [1.82, 2.24) is 10.2 Å². The number of carbonyl (C=O) groups is 1. The summed E-state index contributed by atoms with van der Waals surface area (Å²) in [7, 11) is 2.12. The highest BCUT2D eigenvalue weighted by Gasteiger charge is 2.18. The van der Waals surface area contributed by atoms with Crippen LogP contribution in [0.15, 0.2) is 24.3 Å². The normalized spacial score (nSPS) is 18.2. The lowest BCUT2D eigenvalue weighted by molar-refractivity contribution is 0.221. The minimum absolute atomic E-state index is 0.0964. The number of hydrogen-bond donors (Lipinski definition) is 2. The average Bonchev–Trinajstić information content (AvgIpc) is 2.49. The summed E-state index contributed by atoms with van der Waals surface area (Å²) in [4.78, 5) is 14.3. The molecule has 1 fully saturated rings. The quantitative estimate of drug-likeness (QED) is 0.892. The van der Waals surface area contributed by atoms with Crippen molar-refractivity contribution in [2.75, 3.05) is 25.5 Å². The number of urea groups is 1. The highest BCUT2D eigenvalue weighted by atomic mass is 16.2. The molecule has 2 rings (SSSR count). The Labute approximate surface area is 127 Å². The molecule has 21 heavy (non-hydrogen) atoms. The van der Waals surface area contributed by atoms with E-state index >= 15 is 0 Å². The van der Waals surface area contributed by atoms with Crippen molar-refractivity contribution < 1.29 is 4.79 Å². The Hall–Kier alpha value is -1.55. The Morgan fingerprint density at radius 3 is 2.48 bits per heavy atom. The van der Waals surface area contributed by atoms with E-state index in [1.54, 1.807) is 0 Å². The van der Waals surface area contributed by atoms with Crippen LogP contribution in [-0.2, 0) is 0 Å². The highest BCUT2D eigenvalue weighted by Crippen LogP contribution is 2.20. The first-order valence-corrected chi connectivity index (χ1v) is 7.94. The van der Waals surface area contributed by atoms with Gasteiger partial charge < -0.3 is 15.5 Å². The van der Waals surface area contributed by atoms with Crippen LogP contribution in [0.1, 0.15) is 44.6 Å². The molecule has 116 valence electrons. The van der Waals surface area contributed by atoms with Gasteiger partial charge in [-0.2, -0.15) is 0 Å². The predicted octanol–water partition coefficient (Wildman–Crippen LogP) is 3.42. The van der Waals surface area contributed by atoms with Crippen LogP contribution in [0.25, 0.3) is 0 Å². The van der Waals surface area contributed by atoms with Gasteiger partial charge in [0.05, 0.1) is 0 Å². The van der Waals surface area contributed by atoms with Crippen LogP contribution in [0.5, 0.6) is 0 Å². The number of piperidine rings is 1. The Balaban J connectivity index is 1.82. The van der Waals surface area contributed by atoms with Gasteiger partial charge in [0, 0.05) is 11.7 Å². The van der Waals surface area contributed by atoms with Gasteiger partial charge in [-0.1, -0.05) is 26.0 Å². The summed E-state index contributed by atoms with van der Waals surface area (Å²) in [5, 5.41) is 5.98. The van der Waals surface area contributed by atoms with Crippen molar-refractivity contribution in [3.05, 3.63) is 29.8 Å². The topological polar surface area (TPSA) is 44.4 Å². The van der Waals surface area contributed by atoms with Crippen LogP contribution in [0.3, 0.4) is 0 Å². The van der Waals surface area contributed by atoms with Crippen LogP contribution in [0.4, 0.5) is 10.5 Å². The molecule has 2 N–H and O–H groups in total. The summed E-state index contributed by atoms with van der Waals surface area (Å²) in [5.41, 5.74) is 2.17. The van der Waals surface area contributed by atoms with Gasteiger partial charge in [0.15, 0.2) is 0 Å². The van der Waals surface area contributed by atoms with Crippen molar-refractivity contribution in [1.29, 1.82) is 0 Å². The Kier molecular flexibility index (Phi) is 5.62. The lowest BCUT2D eigenvalue weighted by Crippen LogP contribution is -2.44. The van der Waals surface area contributed by atoms with E-state index < -0.39 is 0 Å². The molecule has 1 atom stereocenters. The van der Waals surface area contributed by atoms with E-state index in [9.17, 15) is 4.79 Å². The lowest BCUT2D eigenvalue weighted by atomic mass is 9.99. The first-order chi connectivity index (χ1) is 10.1. The van der Waals surface area contributed by atoms with E-state index in [1.807, 2.05) is 12.1 Å². The average molecular weight is 289 g/mol. The van der Waals surface area contributed by atoms with Gasteiger partial charge in [-0.05, 0) is 63.0 Å². The Morgan fingerprint density at radius 1 is 1.29 bits per heavy atom. The van der Waals surface area contributed by atoms with Gasteiger partial charge in [0.1, 0.15) is 0 Å². The van der Waals surface area contributed by atoms with Crippen LogP contribution in [-0.4, -0.2) is 37.1 Å². The molecule has 1 aliphatic rings. The van der Waals surface area contributed by atoms with E-state index in [4.69, 9.17) is 0 Å². The van der Waals surface area contributed by atoms with Gasteiger partial charge >= 0.3 is 6.03 Å². The third-order valence-electron chi connectivity index (χ3n) is 4.40. The van der Waals surface area contributed by atoms with Crippen LogP contribution in [0, 0.1) is 0 Å². The van der Waals surface area contributed by atoms with Gasteiger partial charge in [-0.3, -0.25) is 0 Å². The largest absolute Gasteiger partial charge is 0.335 e. The van der Waals surface area contributed by atoms with Crippen molar-refractivity contribution in [2.45, 2.75) is 45.1 Å². The summed E-state index contributed by atoms with van der Waals surface area (Å²) < 4.78 is 0. The second kappa shape index (κ2) is 7.46. The molecule has 0 radical (unpaired) electrons.